The lowest BCUT2D eigenvalue weighted by molar-refractivity contribution is 0.184. The van der Waals surface area contributed by atoms with Gasteiger partial charge in [-0.15, -0.1) is 0 Å². The summed E-state index contributed by atoms with van der Waals surface area (Å²) in [5, 5.41) is 11.0. The van der Waals surface area contributed by atoms with Crippen LogP contribution in [0, 0.1) is 0 Å². The van der Waals surface area contributed by atoms with Crippen molar-refractivity contribution in [3.63, 3.8) is 0 Å². The van der Waals surface area contributed by atoms with E-state index in [1.165, 1.54) is 0 Å². The Morgan fingerprint density at radius 1 is 1.29 bits per heavy atom. The molecule has 0 unspecified atom stereocenters. The Kier molecular flexibility index (Phi) is 6.84. The summed E-state index contributed by atoms with van der Waals surface area (Å²) in [6.07, 6.45) is 4.68. The molecule has 3 N–H and O–H groups in total. The molecule has 1 aromatic heterocycles. The minimum Gasteiger partial charge on any atom is -0.352 e. The molecule has 166 valence electrons. The average Bonchev–Trinajstić information content (AvgIpc) is 3.27. The molecule has 1 aromatic carbocycles. The largest absolute Gasteiger partial charge is 0.352 e. The van der Waals surface area contributed by atoms with E-state index in [-0.39, 0.29) is 24.2 Å². The molecule has 4 rings (SSSR count). The van der Waals surface area contributed by atoms with Gasteiger partial charge in [0.25, 0.3) is 0 Å². The topological polar surface area (TPSA) is 82.2 Å². The van der Waals surface area contributed by atoms with Gasteiger partial charge in [-0.3, -0.25) is 0 Å². The van der Waals surface area contributed by atoms with Gasteiger partial charge in [0.1, 0.15) is 0 Å². The molecule has 31 heavy (non-hydrogen) atoms. The second kappa shape index (κ2) is 9.59. The van der Waals surface area contributed by atoms with Gasteiger partial charge in [-0.1, -0.05) is 29.3 Å². The first kappa shape index (κ1) is 22.1. The Balaban J connectivity index is 1.50. The van der Waals surface area contributed by atoms with Gasteiger partial charge in [-0.05, 0) is 62.9 Å². The van der Waals surface area contributed by atoms with Crippen molar-refractivity contribution in [1.29, 1.82) is 0 Å². The number of nitrogens with zero attached hydrogens (tertiary/aromatic N) is 3. The van der Waals surface area contributed by atoms with Crippen molar-refractivity contribution in [2.45, 2.75) is 57.8 Å². The maximum absolute atomic E-state index is 13.2. The van der Waals surface area contributed by atoms with E-state index < -0.39 is 0 Å². The summed E-state index contributed by atoms with van der Waals surface area (Å²) in [6.45, 7) is 6.12. The highest BCUT2D eigenvalue weighted by atomic mass is 35.5. The van der Waals surface area contributed by atoms with Gasteiger partial charge in [0.2, 0.25) is 5.95 Å². The van der Waals surface area contributed by atoms with Crippen LogP contribution in [-0.2, 0) is 13.0 Å². The Bertz CT molecular complexity index is 948. The maximum Gasteiger partial charge on any atom is 0.318 e. The molecular weight excluding hydrogens is 435 g/mol. The molecule has 0 saturated carbocycles. The van der Waals surface area contributed by atoms with Crippen LogP contribution in [0.15, 0.2) is 24.4 Å². The number of hydrogen-bond donors (Lipinski definition) is 3. The standard InChI is InChI=1S/C22H28Cl2N6O/c1-13(2)27-21-26-11-15-7-9-30(12-19(15)28-21)22(31)29-20(18-4-3-8-25-18)14-5-6-16(23)17(24)10-14/h5-6,10-11,13,18,20,25H,3-4,7-9,12H2,1-2H3,(H,29,31)(H,26,27,28)/t18-,20+/m0/s1. The van der Waals surface area contributed by atoms with Crippen molar-refractivity contribution in [3.8, 4) is 0 Å². The highest BCUT2D eigenvalue weighted by molar-refractivity contribution is 6.42. The predicted octanol–water partition coefficient (Wildman–Crippen LogP) is 4.16. The molecule has 2 aliphatic rings. The first-order valence-corrected chi connectivity index (χ1v) is 11.5. The molecule has 7 nitrogen and oxygen atoms in total. The van der Waals surface area contributed by atoms with Crippen LogP contribution in [-0.4, -0.2) is 46.1 Å². The van der Waals surface area contributed by atoms with Crippen LogP contribution in [0.5, 0.6) is 0 Å². The summed E-state index contributed by atoms with van der Waals surface area (Å²) in [4.78, 5) is 24.1. The van der Waals surface area contributed by atoms with Crippen molar-refractivity contribution in [3.05, 3.63) is 51.3 Å². The third kappa shape index (κ3) is 5.22. The fourth-order valence-electron chi connectivity index (χ4n) is 4.15. The number of aromatic nitrogens is 2. The predicted molar refractivity (Wildman–Crippen MR) is 124 cm³/mol. The number of carbonyl (C=O) groups excluding carboxylic acids is 1. The monoisotopic (exact) mass is 462 g/mol. The Hall–Kier alpha value is -2.09. The molecule has 1 fully saturated rings. The van der Waals surface area contributed by atoms with Gasteiger partial charge in [-0.2, -0.15) is 0 Å². The molecule has 0 spiro atoms. The molecule has 0 radical (unpaired) electrons. The quantitative estimate of drug-likeness (QED) is 0.620. The van der Waals surface area contributed by atoms with Crippen LogP contribution in [0.25, 0.3) is 0 Å². The summed E-state index contributed by atoms with van der Waals surface area (Å²) in [5.74, 6) is 0.597. The average molecular weight is 463 g/mol. The lowest BCUT2D eigenvalue weighted by atomic mass is 9.98. The second-order valence-corrected chi connectivity index (χ2v) is 9.25. The smallest absolute Gasteiger partial charge is 0.318 e. The number of nitrogens with one attached hydrogen (secondary N) is 3. The number of benzene rings is 1. The van der Waals surface area contributed by atoms with Crippen LogP contribution in [0.1, 0.15) is 49.6 Å². The van der Waals surface area contributed by atoms with Crippen LogP contribution in [0.3, 0.4) is 0 Å². The van der Waals surface area contributed by atoms with E-state index in [1.54, 1.807) is 6.07 Å². The third-order valence-corrected chi connectivity index (χ3v) is 6.47. The Morgan fingerprint density at radius 2 is 2.13 bits per heavy atom. The van der Waals surface area contributed by atoms with E-state index in [0.717, 1.165) is 42.6 Å². The number of halogens is 2. The van der Waals surface area contributed by atoms with E-state index in [4.69, 9.17) is 23.2 Å². The normalized spacial score (nSPS) is 19.3. The minimum absolute atomic E-state index is 0.104. The third-order valence-electron chi connectivity index (χ3n) is 5.73. The minimum atomic E-state index is -0.185. The first-order valence-electron chi connectivity index (χ1n) is 10.8. The number of anilines is 1. The summed E-state index contributed by atoms with van der Waals surface area (Å²) >= 11 is 12.4. The molecule has 3 heterocycles. The van der Waals surface area contributed by atoms with Crippen molar-refractivity contribution < 1.29 is 4.79 Å². The zero-order valence-electron chi connectivity index (χ0n) is 17.8. The number of hydrogen-bond acceptors (Lipinski definition) is 5. The van der Waals surface area contributed by atoms with Crippen LogP contribution in [0.2, 0.25) is 10.0 Å². The van der Waals surface area contributed by atoms with Crippen LogP contribution in [0.4, 0.5) is 10.7 Å². The van der Waals surface area contributed by atoms with Gasteiger partial charge in [0, 0.05) is 24.8 Å². The molecule has 0 aliphatic carbocycles. The number of fused-ring (bicyclic) bond motifs is 1. The number of amides is 2. The summed E-state index contributed by atoms with van der Waals surface area (Å²) < 4.78 is 0. The van der Waals surface area contributed by atoms with Crippen molar-refractivity contribution in [1.82, 2.24) is 25.5 Å². The van der Waals surface area contributed by atoms with Crippen LogP contribution < -0.4 is 16.0 Å². The molecule has 2 amide bonds. The van der Waals surface area contributed by atoms with Crippen molar-refractivity contribution >= 4 is 35.2 Å². The zero-order chi connectivity index (χ0) is 22.0. The zero-order valence-corrected chi connectivity index (χ0v) is 19.3. The summed E-state index contributed by atoms with van der Waals surface area (Å²) in [5.41, 5.74) is 2.94. The van der Waals surface area contributed by atoms with E-state index in [1.807, 2.05) is 37.1 Å². The molecule has 2 aliphatic heterocycles. The Morgan fingerprint density at radius 3 is 2.84 bits per heavy atom. The summed E-state index contributed by atoms with van der Waals surface area (Å²) in [6, 6.07) is 5.67. The second-order valence-electron chi connectivity index (χ2n) is 8.44. The Labute approximate surface area is 192 Å². The van der Waals surface area contributed by atoms with Gasteiger partial charge in [0.05, 0.1) is 28.3 Å². The number of urea groups is 1. The maximum atomic E-state index is 13.2. The molecular formula is C22H28Cl2N6O. The highest BCUT2D eigenvalue weighted by Crippen LogP contribution is 2.30. The molecule has 0 bridgehead atoms. The number of carbonyl (C=O) groups is 1. The van der Waals surface area contributed by atoms with Crippen molar-refractivity contribution in [2.75, 3.05) is 18.4 Å². The van der Waals surface area contributed by atoms with E-state index in [0.29, 0.717) is 29.1 Å². The van der Waals surface area contributed by atoms with E-state index in [9.17, 15) is 4.79 Å². The SMILES string of the molecule is CC(C)Nc1ncc2c(n1)CN(C(=O)N[C@H](c1ccc(Cl)c(Cl)c1)[C@@H]1CCCN1)CC2. The fourth-order valence-corrected chi connectivity index (χ4v) is 4.45. The first-order chi connectivity index (χ1) is 14.9. The molecule has 9 heteroatoms. The lowest BCUT2D eigenvalue weighted by Gasteiger charge is -2.32. The number of rotatable bonds is 5. The highest BCUT2D eigenvalue weighted by Gasteiger charge is 2.30. The van der Waals surface area contributed by atoms with Crippen molar-refractivity contribution in [2.24, 2.45) is 0 Å². The lowest BCUT2D eigenvalue weighted by Crippen LogP contribution is -2.48. The summed E-state index contributed by atoms with van der Waals surface area (Å²) in [7, 11) is 0. The van der Waals surface area contributed by atoms with E-state index >= 15 is 0 Å². The molecule has 1 saturated heterocycles. The molecule has 2 atom stereocenters. The van der Waals surface area contributed by atoms with Gasteiger partial charge in [0.15, 0.2) is 0 Å². The van der Waals surface area contributed by atoms with Gasteiger partial charge in [-0.25, -0.2) is 14.8 Å². The van der Waals surface area contributed by atoms with Crippen LogP contribution >= 0.6 is 23.2 Å². The fraction of sp³-hybridized carbons (Fsp3) is 0.500. The molecule has 2 aromatic rings. The van der Waals surface area contributed by atoms with Gasteiger partial charge >= 0.3 is 6.03 Å². The van der Waals surface area contributed by atoms with Gasteiger partial charge < -0.3 is 20.9 Å². The van der Waals surface area contributed by atoms with E-state index in [2.05, 4.69) is 25.9 Å².